The smallest absolute Gasteiger partial charge is 0.212 e. The van der Waals surface area contributed by atoms with Crippen LogP contribution in [0.2, 0.25) is 0 Å². The molecule has 0 radical (unpaired) electrons. The molecule has 3 aromatic carbocycles. The van der Waals surface area contributed by atoms with E-state index in [1.807, 2.05) is 37.3 Å². The van der Waals surface area contributed by atoms with Crippen LogP contribution in [0.3, 0.4) is 0 Å². The molecule has 5 rings (SSSR count). The van der Waals surface area contributed by atoms with Crippen LogP contribution in [0.5, 0.6) is 0 Å². The van der Waals surface area contributed by atoms with Gasteiger partial charge in [-0.1, -0.05) is 74.9 Å². The molecule has 0 aliphatic heterocycles. The van der Waals surface area contributed by atoms with E-state index >= 15 is 0 Å². The van der Waals surface area contributed by atoms with Crippen LogP contribution in [0.15, 0.2) is 87.7 Å². The van der Waals surface area contributed by atoms with Gasteiger partial charge < -0.3 is 5.73 Å². The van der Waals surface area contributed by atoms with E-state index in [0.29, 0.717) is 11.0 Å². The van der Waals surface area contributed by atoms with Crippen molar-refractivity contribution in [1.82, 2.24) is 14.6 Å². The number of rotatable bonds is 4. The summed E-state index contributed by atoms with van der Waals surface area (Å²) in [5.74, 6) is -0.0385. The fraction of sp³-hybridized carbons (Fsp3) is 0.179. The van der Waals surface area contributed by atoms with Crippen LogP contribution in [-0.4, -0.2) is 29.3 Å². The highest BCUT2D eigenvalue weighted by Crippen LogP contribution is 2.35. The maximum Gasteiger partial charge on any atom is 0.212 e. The Labute approximate surface area is 210 Å². The number of fused-ring (bicyclic) bond motifs is 2. The van der Waals surface area contributed by atoms with E-state index in [9.17, 15) is 8.42 Å². The average Bonchev–Trinajstić information content (AvgIpc) is 3.11. The second-order valence-corrected chi connectivity index (χ2v) is 11.7. The highest BCUT2D eigenvalue weighted by Gasteiger charge is 2.30. The van der Waals surface area contributed by atoms with Gasteiger partial charge in [0.05, 0.1) is 22.1 Å². The number of anilines is 1. The van der Waals surface area contributed by atoms with Gasteiger partial charge in [0.25, 0.3) is 0 Å². The normalized spacial score (nSPS) is 12.7. The van der Waals surface area contributed by atoms with Crippen LogP contribution in [0.25, 0.3) is 22.2 Å². The predicted octanol–water partition coefficient (Wildman–Crippen LogP) is 5.49. The van der Waals surface area contributed by atoms with Crippen LogP contribution in [0, 0.1) is 6.92 Å². The van der Waals surface area contributed by atoms with Gasteiger partial charge in [0.15, 0.2) is 5.65 Å². The lowest BCUT2D eigenvalue weighted by Crippen LogP contribution is -2.10. The quantitative estimate of drug-likeness (QED) is 0.331. The summed E-state index contributed by atoms with van der Waals surface area (Å²) in [7, 11) is -3.99. The lowest BCUT2D eigenvalue weighted by molar-refractivity contribution is 0.590. The first-order chi connectivity index (χ1) is 17.1. The summed E-state index contributed by atoms with van der Waals surface area (Å²) < 4.78 is 28.8. The van der Waals surface area contributed by atoms with Gasteiger partial charge in [0.1, 0.15) is 16.2 Å². The van der Waals surface area contributed by atoms with Gasteiger partial charge >= 0.3 is 0 Å². The average molecular weight is 498 g/mol. The third-order valence-corrected chi connectivity index (χ3v) is 7.96. The van der Waals surface area contributed by atoms with E-state index in [4.69, 9.17) is 5.73 Å². The second-order valence-electron chi connectivity index (χ2n) is 9.84. The lowest BCUT2D eigenvalue weighted by Gasteiger charge is -2.18. The standard InChI is InChI=1S/C28H27N5O2S/c1-18-9-15-21(16-10-18)36(34,35)25-24-27(32-23-8-6-5-7-22(23)31-24)33(26(25)29)30-17-19-11-13-20(14-12-19)28(2,3)4/h5-17H,29H2,1-4H3/b30-17+. The molecule has 182 valence electrons. The highest BCUT2D eigenvalue weighted by atomic mass is 32.2. The van der Waals surface area contributed by atoms with Crippen molar-refractivity contribution in [3.8, 4) is 0 Å². The molecule has 5 aromatic rings. The molecule has 0 aliphatic carbocycles. The third kappa shape index (κ3) is 4.13. The van der Waals surface area contributed by atoms with Crippen molar-refractivity contribution in [2.24, 2.45) is 5.10 Å². The van der Waals surface area contributed by atoms with Crippen LogP contribution >= 0.6 is 0 Å². The number of hydrogen-bond acceptors (Lipinski definition) is 6. The molecule has 36 heavy (non-hydrogen) atoms. The molecule has 2 aromatic heterocycles. The van der Waals surface area contributed by atoms with Crippen molar-refractivity contribution < 1.29 is 8.42 Å². The molecular formula is C28H27N5O2S. The third-order valence-electron chi connectivity index (χ3n) is 6.13. The zero-order chi connectivity index (χ0) is 25.7. The van der Waals surface area contributed by atoms with E-state index < -0.39 is 9.84 Å². The predicted molar refractivity (Wildman–Crippen MR) is 144 cm³/mol. The summed E-state index contributed by atoms with van der Waals surface area (Å²) in [4.78, 5) is 9.36. The summed E-state index contributed by atoms with van der Waals surface area (Å²) in [5.41, 5.74) is 11.2. The summed E-state index contributed by atoms with van der Waals surface area (Å²) >= 11 is 0. The van der Waals surface area contributed by atoms with Crippen LogP contribution < -0.4 is 5.73 Å². The van der Waals surface area contributed by atoms with E-state index in [1.165, 1.54) is 10.2 Å². The Bertz CT molecular complexity index is 1730. The lowest BCUT2D eigenvalue weighted by atomic mass is 9.87. The van der Waals surface area contributed by atoms with Crippen LogP contribution in [0.1, 0.15) is 37.5 Å². The largest absolute Gasteiger partial charge is 0.382 e. The zero-order valence-corrected chi connectivity index (χ0v) is 21.4. The maximum atomic E-state index is 13.7. The second kappa shape index (κ2) is 8.57. The molecule has 7 nitrogen and oxygen atoms in total. The Hall–Kier alpha value is -4.04. The fourth-order valence-electron chi connectivity index (χ4n) is 4.03. The van der Waals surface area contributed by atoms with Crippen LogP contribution in [-0.2, 0) is 15.3 Å². The van der Waals surface area contributed by atoms with Gasteiger partial charge in [-0.2, -0.15) is 9.78 Å². The maximum absolute atomic E-state index is 13.7. The van der Waals surface area contributed by atoms with Crippen molar-refractivity contribution in [2.45, 2.75) is 42.9 Å². The molecule has 2 N–H and O–H groups in total. The Morgan fingerprint density at radius 2 is 1.50 bits per heavy atom. The van der Waals surface area contributed by atoms with Crippen molar-refractivity contribution in [2.75, 3.05) is 5.73 Å². The molecular weight excluding hydrogens is 470 g/mol. The Kier molecular flexibility index (Phi) is 5.64. The SMILES string of the molecule is Cc1ccc(S(=O)(=O)c2c(N)n(/N=C/c3ccc(C(C)(C)C)cc3)c3nc4ccccc4nc23)cc1. The van der Waals surface area contributed by atoms with Crippen molar-refractivity contribution in [3.05, 3.63) is 89.5 Å². The molecule has 0 bridgehead atoms. The van der Waals surface area contributed by atoms with Crippen molar-refractivity contribution in [1.29, 1.82) is 0 Å². The Morgan fingerprint density at radius 3 is 2.11 bits per heavy atom. The molecule has 0 amide bonds. The minimum absolute atomic E-state index is 0.0343. The van der Waals surface area contributed by atoms with Gasteiger partial charge in [-0.25, -0.2) is 18.4 Å². The van der Waals surface area contributed by atoms with Crippen molar-refractivity contribution in [3.63, 3.8) is 0 Å². The zero-order valence-electron chi connectivity index (χ0n) is 20.6. The first-order valence-corrected chi connectivity index (χ1v) is 13.1. The highest BCUT2D eigenvalue weighted by molar-refractivity contribution is 7.92. The van der Waals surface area contributed by atoms with Gasteiger partial charge in [0.2, 0.25) is 9.84 Å². The monoisotopic (exact) mass is 497 g/mol. The molecule has 8 heteroatoms. The summed E-state index contributed by atoms with van der Waals surface area (Å²) in [6, 6.07) is 22.0. The number of aromatic nitrogens is 3. The van der Waals surface area contributed by atoms with Crippen LogP contribution in [0.4, 0.5) is 5.82 Å². The number of hydrogen-bond donors (Lipinski definition) is 1. The molecule has 0 fully saturated rings. The van der Waals surface area contributed by atoms with E-state index in [1.54, 1.807) is 36.5 Å². The summed E-state index contributed by atoms with van der Waals surface area (Å²) in [6.45, 7) is 8.36. The summed E-state index contributed by atoms with van der Waals surface area (Å²) in [6.07, 6.45) is 1.64. The Morgan fingerprint density at radius 1 is 0.889 bits per heavy atom. The molecule has 0 saturated heterocycles. The Balaban J connectivity index is 1.71. The number of aryl methyl sites for hydroxylation is 1. The van der Waals surface area contributed by atoms with Gasteiger partial charge in [0, 0.05) is 0 Å². The fourth-order valence-corrected chi connectivity index (χ4v) is 5.52. The molecule has 0 aliphatic rings. The van der Waals surface area contributed by atoms with E-state index in [-0.39, 0.29) is 32.2 Å². The number of nitrogen functional groups attached to an aromatic ring is 1. The number of benzene rings is 3. The van der Waals surface area contributed by atoms with Gasteiger partial charge in [-0.05, 0) is 47.7 Å². The topological polar surface area (TPSA) is 103 Å². The number of nitrogens with zero attached hydrogens (tertiary/aromatic N) is 4. The minimum Gasteiger partial charge on any atom is -0.382 e. The van der Waals surface area contributed by atoms with Gasteiger partial charge in [-0.3, -0.25) is 0 Å². The number of para-hydroxylation sites is 2. The molecule has 2 heterocycles. The molecule has 0 saturated carbocycles. The molecule has 0 unspecified atom stereocenters. The molecule has 0 atom stereocenters. The first kappa shape index (κ1) is 23.7. The van der Waals surface area contributed by atoms with Crippen molar-refractivity contribution >= 4 is 44.1 Å². The first-order valence-electron chi connectivity index (χ1n) is 11.6. The number of nitrogens with two attached hydrogens (primary N) is 1. The number of sulfone groups is 1. The minimum atomic E-state index is -3.99. The van der Waals surface area contributed by atoms with Gasteiger partial charge in [-0.15, -0.1) is 0 Å². The van der Waals surface area contributed by atoms with E-state index in [2.05, 4.69) is 48.0 Å². The van der Waals surface area contributed by atoms with E-state index in [0.717, 1.165) is 11.1 Å². The molecule has 0 spiro atoms. The summed E-state index contributed by atoms with van der Waals surface area (Å²) in [5, 5.41) is 4.54.